The second-order valence-electron chi connectivity index (χ2n) is 32.9. The fraction of sp³-hybridized carbons (Fsp3) is 0.333. The highest BCUT2D eigenvalue weighted by Gasteiger charge is 2.22. The van der Waals surface area contributed by atoms with Crippen LogP contribution in [-0.2, 0) is 86.1 Å². The Bertz CT molecular complexity index is 6020. The third kappa shape index (κ3) is 24.5. The van der Waals surface area contributed by atoms with Crippen molar-refractivity contribution in [3.05, 3.63) is 330 Å². The Morgan fingerprint density at radius 1 is 0.357 bits per heavy atom. The van der Waals surface area contributed by atoms with Crippen molar-refractivity contribution in [1.82, 2.24) is 77.7 Å². The van der Waals surface area contributed by atoms with Gasteiger partial charge < -0.3 is 51.8 Å². The summed E-state index contributed by atoms with van der Waals surface area (Å²) in [4.78, 5) is 38.3. The number of rotatable bonds is 30. The predicted molar refractivity (Wildman–Crippen MR) is 507 cm³/mol. The normalized spacial score (nSPS) is 13.8. The van der Waals surface area contributed by atoms with Gasteiger partial charge in [0.25, 0.3) is 0 Å². The predicted octanol–water partition coefficient (Wildman–Crippen LogP) is 20.0. The largest absolute Gasteiger partial charge is 0.497 e. The van der Waals surface area contributed by atoms with Crippen LogP contribution in [0.1, 0.15) is 115 Å². The molecule has 126 heavy (non-hydrogen) atoms. The molecule has 6 aromatic heterocycles. The van der Waals surface area contributed by atoms with Gasteiger partial charge in [-0.15, -0.1) is 0 Å². The van der Waals surface area contributed by atoms with Crippen molar-refractivity contribution in [1.29, 1.82) is 0 Å². The van der Waals surface area contributed by atoms with Crippen molar-refractivity contribution in [2.75, 3.05) is 73.2 Å². The average Bonchev–Trinajstić information content (AvgIpc) is 1.67. The maximum Gasteiger partial charge on any atom is 0.124 e. The molecule has 21 nitrogen and oxygen atoms in total. The molecule has 0 atom stereocenters. The van der Waals surface area contributed by atoms with Gasteiger partial charge in [-0.3, -0.25) is 24.6 Å². The number of para-hydroxylation sites is 12. The molecule has 10 aromatic carbocycles. The molecule has 0 saturated carbocycles. The second-order valence-corrected chi connectivity index (χ2v) is 32.9. The lowest BCUT2D eigenvalue weighted by molar-refractivity contribution is 0.211. The Kier molecular flexibility index (Phi) is 31.8. The number of fused-ring (bicyclic) bond motifs is 5. The zero-order valence-electron chi connectivity index (χ0n) is 74.2. The number of piperidine rings is 3. The third-order valence-corrected chi connectivity index (χ3v) is 23.7. The van der Waals surface area contributed by atoms with Crippen LogP contribution < -0.4 is 29.0 Å². The van der Waals surface area contributed by atoms with Crippen molar-refractivity contribution in [2.45, 2.75) is 144 Å². The summed E-state index contributed by atoms with van der Waals surface area (Å²) in [6.45, 7) is 22.0. The molecule has 16 aromatic rings. The van der Waals surface area contributed by atoms with Gasteiger partial charge in [0, 0.05) is 45.0 Å². The number of hydrogen-bond donors (Lipinski definition) is 1. The molecular formula is C105H122N16O5. The summed E-state index contributed by atoms with van der Waals surface area (Å²) >= 11 is 0. The number of imidazole rings is 5. The minimum Gasteiger partial charge on any atom is -0.497 e. The van der Waals surface area contributed by atoms with E-state index in [0.717, 1.165) is 161 Å². The van der Waals surface area contributed by atoms with E-state index in [1.165, 1.54) is 136 Å². The van der Waals surface area contributed by atoms with Crippen LogP contribution in [-0.4, -0.2) is 146 Å². The van der Waals surface area contributed by atoms with E-state index in [9.17, 15) is 0 Å². The van der Waals surface area contributed by atoms with Crippen molar-refractivity contribution < 1.29 is 23.7 Å². The SMILES string of the molecule is CN(Cc1ccccn1)Cc1nc2ccccc2n1C.COc1cccc(OCCn2c(CN3CCCCC3)nc3ccccc32)c1.Cc1ccc(OCCn2c(CN3CCCCC3)nc3ccccc32)cc1.Cc1ccccc1OCCn1c(CN2CCCCC2)nc2ccccc21.Cn1c(CNCc2ccccc2OCc2ccccc2)nc2ccccc21. The van der Waals surface area contributed by atoms with Crippen molar-refractivity contribution in [3.8, 4) is 28.7 Å². The Labute approximate surface area is 742 Å². The molecule has 0 radical (unpaired) electrons. The van der Waals surface area contributed by atoms with Crippen LogP contribution >= 0.6 is 0 Å². The first-order chi connectivity index (χ1) is 62.0. The van der Waals surface area contributed by atoms with Crippen LogP contribution in [0.15, 0.2) is 273 Å². The quantitative estimate of drug-likeness (QED) is 0.0450. The fourth-order valence-electron chi connectivity index (χ4n) is 16.8. The van der Waals surface area contributed by atoms with Gasteiger partial charge in [-0.1, -0.05) is 176 Å². The van der Waals surface area contributed by atoms with E-state index in [-0.39, 0.29) is 0 Å². The maximum atomic E-state index is 6.04. The molecule has 9 heterocycles. The third-order valence-electron chi connectivity index (χ3n) is 23.7. The molecular weight excluding hydrogens is 1570 g/mol. The first-order valence-corrected chi connectivity index (χ1v) is 45.0. The first-order valence-electron chi connectivity index (χ1n) is 45.0. The van der Waals surface area contributed by atoms with Gasteiger partial charge in [-0.05, 0) is 219 Å². The number of ether oxygens (including phenoxy) is 5. The zero-order chi connectivity index (χ0) is 86.4. The molecule has 1 N–H and O–H groups in total. The Balaban J connectivity index is 0.000000122. The smallest absolute Gasteiger partial charge is 0.124 e. The molecule has 19 rings (SSSR count). The van der Waals surface area contributed by atoms with E-state index in [4.69, 9.17) is 48.6 Å². The molecule has 0 amide bonds. The van der Waals surface area contributed by atoms with E-state index in [2.05, 4.69) is 215 Å². The van der Waals surface area contributed by atoms with Crippen LogP contribution in [0.5, 0.6) is 28.7 Å². The van der Waals surface area contributed by atoms with Crippen LogP contribution in [0.4, 0.5) is 0 Å². The van der Waals surface area contributed by atoms with Gasteiger partial charge in [0.1, 0.15) is 84.3 Å². The zero-order valence-corrected chi connectivity index (χ0v) is 74.2. The molecule has 0 spiro atoms. The average molecular weight is 1690 g/mol. The Hall–Kier alpha value is -12.5. The topological polar surface area (TPSA) is 173 Å². The number of pyridine rings is 1. The molecule has 3 aliphatic heterocycles. The summed E-state index contributed by atoms with van der Waals surface area (Å²) in [7, 11) is 7.89. The van der Waals surface area contributed by atoms with Crippen LogP contribution in [0.2, 0.25) is 0 Å². The number of benzene rings is 10. The highest BCUT2D eigenvalue weighted by Crippen LogP contribution is 2.28. The lowest BCUT2D eigenvalue weighted by atomic mass is 10.1. The van der Waals surface area contributed by atoms with Gasteiger partial charge in [-0.2, -0.15) is 0 Å². The number of aryl methyl sites for hydroxylation is 4. The number of likely N-dealkylation sites (tertiary alicyclic amines) is 3. The number of nitrogens with zero attached hydrogens (tertiary/aromatic N) is 15. The summed E-state index contributed by atoms with van der Waals surface area (Å²) in [5.41, 5.74) is 17.0. The lowest BCUT2D eigenvalue weighted by Gasteiger charge is -2.26. The summed E-state index contributed by atoms with van der Waals surface area (Å²) in [6.07, 6.45) is 13.7. The Morgan fingerprint density at radius 3 is 1.29 bits per heavy atom. The number of aromatic nitrogens is 11. The molecule has 652 valence electrons. The van der Waals surface area contributed by atoms with E-state index in [0.29, 0.717) is 33.0 Å². The first kappa shape index (κ1) is 88.4. The van der Waals surface area contributed by atoms with Gasteiger partial charge in [0.15, 0.2) is 0 Å². The fourth-order valence-corrected chi connectivity index (χ4v) is 16.8. The van der Waals surface area contributed by atoms with Crippen LogP contribution in [0.25, 0.3) is 55.2 Å². The van der Waals surface area contributed by atoms with E-state index in [1.54, 1.807) is 7.11 Å². The van der Waals surface area contributed by atoms with E-state index < -0.39 is 0 Å². The van der Waals surface area contributed by atoms with Crippen molar-refractivity contribution in [3.63, 3.8) is 0 Å². The van der Waals surface area contributed by atoms with Gasteiger partial charge in [-0.25, -0.2) is 24.9 Å². The summed E-state index contributed by atoms with van der Waals surface area (Å²) in [5, 5.41) is 3.50. The van der Waals surface area contributed by atoms with Crippen molar-refractivity contribution >= 4 is 55.2 Å². The molecule has 3 aliphatic rings. The van der Waals surface area contributed by atoms with Crippen LogP contribution in [0, 0.1) is 13.8 Å². The standard InChI is InChI=1S/C23H23N3O.C22H27N3O2.2C22H27N3O.C16H18N4/c1-26-21-13-7-6-12-20(21)25-23(26)16-24-15-19-11-5-8-14-22(19)27-17-18-9-3-2-4-10-18;1-26-18-8-7-9-19(16-18)27-15-14-25-21-11-4-3-10-20(21)23-22(25)17-24-12-5-2-6-13-24;1-18-9-3-6-12-21(18)26-16-15-25-20-11-5-4-10-19(20)23-22(25)17-24-13-7-2-8-14-24;1-18-9-11-19(12-10-18)26-16-15-25-21-8-4-3-7-20(21)23-22(25)17-24-13-5-2-6-14-24;1-19(11-13-7-5-6-10-17-13)12-16-18-14-8-3-4-9-15(14)20(16)2/h2-14,24H,15-17H2,1H3;3-4,7-11,16H,2,5-6,12-15,17H2,1H3;3-6,9-12H,2,7-8,13-17H2,1H3;3-4,7-12H,2,5-6,13-17H2,1H3;3-10H,11-12H2,1-2H3. The second kappa shape index (κ2) is 45.4. The highest BCUT2D eigenvalue weighted by atomic mass is 16.5. The van der Waals surface area contributed by atoms with Gasteiger partial charge in [0.05, 0.1) is 120 Å². The summed E-state index contributed by atoms with van der Waals surface area (Å²) in [6, 6.07) is 90.2. The maximum absolute atomic E-state index is 6.04. The molecule has 3 saturated heterocycles. The molecule has 0 bridgehead atoms. The summed E-state index contributed by atoms with van der Waals surface area (Å²) < 4.78 is 40.6. The molecule has 3 fully saturated rings. The summed E-state index contributed by atoms with van der Waals surface area (Å²) in [5.74, 6) is 9.99. The molecule has 0 unspecified atom stereocenters. The van der Waals surface area contributed by atoms with E-state index in [1.807, 2.05) is 146 Å². The molecule has 21 heteroatoms. The minimum atomic E-state index is 0.572. The molecule has 0 aliphatic carbocycles. The number of nitrogens with one attached hydrogen (secondary N) is 1. The van der Waals surface area contributed by atoms with Gasteiger partial charge in [0.2, 0.25) is 0 Å². The lowest BCUT2D eigenvalue weighted by Crippen LogP contribution is -2.30. The Morgan fingerprint density at radius 2 is 0.786 bits per heavy atom. The van der Waals surface area contributed by atoms with Crippen LogP contribution in [0.3, 0.4) is 0 Å². The highest BCUT2D eigenvalue weighted by molar-refractivity contribution is 5.79. The minimum absolute atomic E-state index is 0.572. The van der Waals surface area contributed by atoms with Gasteiger partial charge >= 0.3 is 0 Å². The van der Waals surface area contributed by atoms with Crippen molar-refractivity contribution in [2.24, 2.45) is 14.1 Å². The monoisotopic (exact) mass is 1690 g/mol. The number of methoxy groups -OCH3 is 1. The van der Waals surface area contributed by atoms with E-state index >= 15 is 0 Å². The number of hydrogen-bond acceptors (Lipinski definition) is 16.